The molecule has 2 heteroatoms. The van der Waals surface area contributed by atoms with E-state index in [-0.39, 0.29) is 5.41 Å². The van der Waals surface area contributed by atoms with Crippen molar-refractivity contribution < 1.29 is 9.52 Å². The molecule has 1 unspecified atom stereocenters. The number of hydrogen-bond acceptors (Lipinski definition) is 2. The van der Waals surface area contributed by atoms with E-state index in [0.29, 0.717) is 12.2 Å². The highest BCUT2D eigenvalue weighted by Crippen LogP contribution is 2.24. The zero-order valence-electron chi connectivity index (χ0n) is 11.2. The van der Waals surface area contributed by atoms with Crippen molar-refractivity contribution in [2.24, 2.45) is 0 Å². The third-order valence-corrected chi connectivity index (χ3v) is 3.12. The van der Waals surface area contributed by atoms with Crippen molar-refractivity contribution in [3.63, 3.8) is 0 Å². The molecule has 0 radical (unpaired) electrons. The number of aliphatic hydroxyl groups excluding tert-OH is 1. The van der Waals surface area contributed by atoms with Gasteiger partial charge in [-0.25, -0.2) is 0 Å². The van der Waals surface area contributed by atoms with Gasteiger partial charge in [0.2, 0.25) is 0 Å². The molecule has 1 atom stereocenters. The van der Waals surface area contributed by atoms with Crippen LogP contribution in [0.25, 0.3) is 0 Å². The Morgan fingerprint density at radius 1 is 1.11 bits per heavy atom. The largest absolute Gasteiger partial charge is 0.467 e. The van der Waals surface area contributed by atoms with Crippen LogP contribution < -0.4 is 0 Å². The Balaban J connectivity index is 2.07. The Bertz CT molecular complexity index is 475. The summed E-state index contributed by atoms with van der Waals surface area (Å²) >= 11 is 0. The van der Waals surface area contributed by atoms with Gasteiger partial charge in [-0.2, -0.15) is 0 Å². The molecule has 0 amide bonds. The van der Waals surface area contributed by atoms with Crippen LogP contribution in [0, 0.1) is 0 Å². The molecule has 0 aliphatic rings. The number of benzene rings is 1. The summed E-state index contributed by atoms with van der Waals surface area (Å²) in [6.07, 6.45) is 1.60. The minimum Gasteiger partial charge on any atom is -0.467 e. The Labute approximate surface area is 108 Å². The molecular weight excluding hydrogens is 224 g/mol. The molecule has 2 nitrogen and oxygen atoms in total. The van der Waals surface area contributed by atoms with Gasteiger partial charge in [-0.15, -0.1) is 0 Å². The van der Waals surface area contributed by atoms with Gasteiger partial charge in [0.1, 0.15) is 11.9 Å². The standard InChI is InChI=1S/C16H20O2/c1-16(2,3)13-8-6-12(7-9-13)11-14(17)15-5-4-10-18-15/h4-10,14,17H,11H2,1-3H3. The normalized spacial score (nSPS) is 13.6. The van der Waals surface area contributed by atoms with Gasteiger partial charge in [0.05, 0.1) is 6.26 Å². The van der Waals surface area contributed by atoms with E-state index in [9.17, 15) is 5.11 Å². The molecule has 0 aliphatic carbocycles. The Hall–Kier alpha value is -1.54. The molecule has 1 heterocycles. The van der Waals surface area contributed by atoms with Gasteiger partial charge in [-0.3, -0.25) is 0 Å². The van der Waals surface area contributed by atoms with E-state index < -0.39 is 6.10 Å². The Kier molecular flexibility index (Phi) is 3.58. The van der Waals surface area contributed by atoms with Gasteiger partial charge in [-0.1, -0.05) is 45.0 Å². The maximum atomic E-state index is 10.00. The third kappa shape index (κ3) is 3.02. The fourth-order valence-corrected chi connectivity index (χ4v) is 1.95. The zero-order chi connectivity index (χ0) is 13.2. The summed E-state index contributed by atoms with van der Waals surface area (Å²) in [4.78, 5) is 0. The lowest BCUT2D eigenvalue weighted by atomic mass is 9.86. The lowest BCUT2D eigenvalue weighted by Crippen LogP contribution is -2.11. The first-order valence-corrected chi connectivity index (χ1v) is 6.28. The maximum Gasteiger partial charge on any atom is 0.132 e. The lowest BCUT2D eigenvalue weighted by molar-refractivity contribution is 0.150. The minimum atomic E-state index is -0.569. The van der Waals surface area contributed by atoms with E-state index in [0.717, 1.165) is 5.56 Å². The van der Waals surface area contributed by atoms with Crippen LogP contribution in [0.4, 0.5) is 0 Å². The van der Waals surface area contributed by atoms with Crippen LogP contribution in [0.3, 0.4) is 0 Å². The van der Waals surface area contributed by atoms with E-state index in [1.165, 1.54) is 5.56 Å². The summed E-state index contributed by atoms with van der Waals surface area (Å²) in [7, 11) is 0. The fourth-order valence-electron chi connectivity index (χ4n) is 1.95. The molecule has 1 aromatic carbocycles. The average molecular weight is 244 g/mol. The Morgan fingerprint density at radius 3 is 2.28 bits per heavy atom. The molecule has 1 aromatic heterocycles. The summed E-state index contributed by atoms with van der Waals surface area (Å²) in [5.41, 5.74) is 2.59. The van der Waals surface area contributed by atoms with Crippen molar-refractivity contribution in [3.05, 3.63) is 59.5 Å². The van der Waals surface area contributed by atoms with Gasteiger partial charge in [0.15, 0.2) is 0 Å². The van der Waals surface area contributed by atoms with Crippen LogP contribution in [-0.4, -0.2) is 5.11 Å². The molecule has 2 rings (SSSR count). The van der Waals surface area contributed by atoms with Gasteiger partial charge in [-0.05, 0) is 28.7 Å². The predicted molar refractivity (Wildman–Crippen MR) is 72.5 cm³/mol. The second-order valence-corrected chi connectivity index (χ2v) is 5.68. The summed E-state index contributed by atoms with van der Waals surface area (Å²) < 4.78 is 5.20. The molecule has 2 aromatic rings. The first-order valence-electron chi connectivity index (χ1n) is 6.28. The number of furan rings is 1. The van der Waals surface area contributed by atoms with Crippen LogP contribution in [0.15, 0.2) is 47.1 Å². The fraction of sp³-hybridized carbons (Fsp3) is 0.375. The zero-order valence-corrected chi connectivity index (χ0v) is 11.2. The molecule has 96 valence electrons. The molecule has 0 spiro atoms. The van der Waals surface area contributed by atoms with Gasteiger partial charge >= 0.3 is 0 Å². The van der Waals surface area contributed by atoms with Crippen molar-refractivity contribution in [2.75, 3.05) is 0 Å². The molecule has 0 saturated heterocycles. The van der Waals surface area contributed by atoms with Crippen LogP contribution in [0.2, 0.25) is 0 Å². The van der Waals surface area contributed by atoms with Gasteiger partial charge in [0, 0.05) is 6.42 Å². The lowest BCUT2D eigenvalue weighted by Gasteiger charge is -2.19. The van der Waals surface area contributed by atoms with E-state index in [1.54, 1.807) is 18.4 Å². The molecule has 0 saturated carbocycles. The number of aliphatic hydroxyl groups is 1. The highest BCUT2D eigenvalue weighted by Gasteiger charge is 2.14. The molecule has 18 heavy (non-hydrogen) atoms. The van der Waals surface area contributed by atoms with Crippen LogP contribution in [-0.2, 0) is 11.8 Å². The van der Waals surface area contributed by atoms with Crippen molar-refractivity contribution in [1.82, 2.24) is 0 Å². The van der Waals surface area contributed by atoms with E-state index in [2.05, 4.69) is 45.0 Å². The number of hydrogen-bond donors (Lipinski definition) is 1. The number of rotatable bonds is 3. The smallest absolute Gasteiger partial charge is 0.132 e. The first-order chi connectivity index (χ1) is 8.47. The van der Waals surface area contributed by atoms with E-state index in [4.69, 9.17) is 4.42 Å². The Morgan fingerprint density at radius 2 is 1.78 bits per heavy atom. The topological polar surface area (TPSA) is 33.4 Å². The molecule has 1 N–H and O–H groups in total. The summed E-state index contributed by atoms with van der Waals surface area (Å²) in [6, 6.07) is 12.0. The molecular formula is C16H20O2. The molecule has 0 bridgehead atoms. The highest BCUT2D eigenvalue weighted by atomic mass is 16.4. The van der Waals surface area contributed by atoms with E-state index in [1.807, 2.05) is 0 Å². The molecule has 0 aliphatic heterocycles. The van der Waals surface area contributed by atoms with Crippen LogP contribution in [0.5, 0.6) is 0 Å². The average Bonchev–Trinajstić information content (AvgIpc) is 2.82. The summed E-state index contributed by atoms with van der Waals surface area (Å²) in [6.45, 7) is 6.58. The first kappa shape index (κ1) is 12.9. The van der Waals surface area contributed by atoms with Crippen molar-refractivity contribution in [1.29, 1.82) is 0 Å². The maximum absolute atomic E-state index is 10.00. The van der Waals surface area contributed by atoms with Crippen molar-refractivity contribution in [2.45, 2.75) is 38.7 Å². The monoisotopic (exact) mass is 244 g/mol. The van der Waals surface area contributed by atoms with Crippen LogP contribution >= 0.6 is 0 Å². The quantitative estimate of drug-likeness (QED) is 0.889. The van der Waals surface area contributed by atoms with Crippen molar-refractivity contribution >= 4 is 0 Å². The second-order valence-electron chi connectivity index (χ2n) is 5.68. The van der Waals surface area contributed by atoms with Gasteiger partial charge in [0.25, 0.3) is 0 Å². The van der Waals surface area contributed by atoms with Crippen LogP contribution in [0.1, 0.15) is 43.8 Å². The van der Waals surface area contributed by atoms with E-state index >= 15 is 0 Å². The van der Waals surface area contributed by atoms with Gasteiger partial charge < -0.3 is 9.52 Å². The SMILES string of the molecule is CC(C)(C)c1ccc(CC(O)c2ccco2)cc1. The second kappa shape index (κ2) is 4.99. The third-order valence-electron chi connectivity index (χ3n) is 3.12. The highest BCUT2D eigenvalue weighted by molar-refractivity contribution is 5.28. The predicted octanol–water partition coefficient (Wildman–Crippen LogP) is 3.85. The molecule has 0 fully saturated rings. The summed E-state index contributed by atoms with van der Waals surface area (Å²) in [5.74, 6) is 0.620. The summed E-state index contributed by atoms with van der Waals surface area (Å²) in [5, 5.41) is 10.00. The minimum absolute atomic E-state index is 0.165. The van der Waals surface area contributed by atoms with Crippen molar-refractivity contribution in [3.8, 4) is 0 Å².